The Kier molecular flexibility index (Phi) is 5.85. The minimum absolute atomic E-state index is 0.0519. The van der Waals surface area contributed by atoms with Gasteiger partial charge in [-0.1, -0.05) is 32.0 Å². The van der Waals surface area contributed by atoms with E-state index in [0.717, 1.165) is 5.56 Å². The smallest absolute Gasteiger partial charge is 0.257 e. The van der Waals surface area contributed by atoms with Gasteiger partial charge in [-0.05, 0) is 17.5 Å². The zero-order valence-electron chi connectivity index (χ0n) is 11.1. The second kappa shape index (κ2) is 7.41. The molecule has 1 aromatic rings. The average Bonchev–Trinajstić information content (AvgIpc) is 2.36. The number of carbonyl (C=O) groups is 2. The molecule has 0 aliphatic carbocycles. The van der Waals surface area contributed by atoms with Crippen LogP contribution >= 0.6 is 0 Å². The number of carboxylic acids is 1. The first kappa shape index (κ1) is 15.0. The molecule has 1 amide bonds. The summed E-state index contributed by atoms with van der Waals surface area (Å²) in [6.07, 6.45) is -0.200. The molecule has 0 radical (unpaired) electrons. The Labute approximate surface area is 112 Å². The summed E-state index contributed by atoms with van der Waals surface area (Å²) in [7, 11) is 0. The monoisotopic (exact) mass is 264 g/mol. The lowest BCUT2D eigenvalue weighted by Gasteiger charge is -2.13. The summed E-state index contributed by atoms with van der Waals surface area (Å²) < 4.78 is 5.44. The molecule has 0 heterocycles. The van der Waals surface area contributed by atoms with Crippen molar-refractivity contribution in [1.82, 2.24) is 5.32 Å². The quantitative estimate of drug-likeness (QED) is 0.775. The van der Waals surface area contributed by atoms with E-state index in [2.05, 4.69) is 5.32 Å². The molecule has 19 heavy (non-hydrogen) atoms. The van der Waals surface area contributed by atoms with E-state index in [-0.39, 0.29) is 25.5 Å². The van der Waals surface area contributed by atoms with Crippen molar-refractivity contribution in [3.63, 3.8) is 0 Å². The first-order valence-corrected chi connectivity index (χ1v) is 6.19. The van der Waals surface area contributed by atoms with Crippen LogP contribution in [-0.2, 0) is 9.59 Å². The van der Waals surface area contributed by atoms with Gasteiger partial charge in [-0.2, -0.15) is 0 Å². The van der Waals surface area contributed by atoms with Crippen molar-refractivity contribution in [1.29, 1.82) is 0 Å². The van der Waals surface area contributed by atoms with Crippen molar-refractivity contribution in [2.75, 3.05) is 13.2 Å². The van der Waals surface area contributed by atoms with E-state index in [9.17, 15) is 14.7 Å². The Bertz CT molecular complexity index is 443. The van der Waals surface area contributed by atoms with E-state index in [1.54, 1.807) is 0 Å². The molecular weight excluding hydrogens is 246 g/mol. The predicted octanol–water partition coefficient (Wildman–Crippen LogP) is 0.445. The molecule has 0 atom stereocenters. The summed E-state index contributed by atoms with van der Waals surface area (Å²) in [4.78, 5) is 21.6. The fourth-order valence-electron chi connectivity index (χ4n) is 1.59. The highest BCUT2D eigenvalue weighted by Gasteiger charge is 2.08. The predicted molar refractivity (Wildman–Crippen MR) is 68.7 cm³/mol. The Hall–Kier alpha value is -2.04. The van der Waals surface area contributed by atoms with E-state index in [1.807, 2.05) is 38.1 Å². The lowest BCUT2D eigenvalue weighted by atomic mass is 10.0. The van der Waals surface area contributed by atoms with Gasteiger partial charge in [0, 0.05) is 18.9 Å². The topological polar surface area (TPSA) is 78.5 Å². The Balaban J connectivity index is 2.44. The van der Waals surface area contributed by atoms with Crippen LogP contribution in [0.25, 0.3) is 0 Å². The number of hydrogen-bond donors (Lipinski definition) is 1. The van der Waals surface area contributed by atoms with E-state index in [4.69, 9.17) is 4.74 Å². The molecular formula is C14H18NO4-. The van der Waals surface area contributed by atoms with Crippen molar-refractivity contribution < 1.29 is 19.4 Å². The zero-order chi connectivity index (χ0) is 14.3. The minimum atomic E-state index is -1.19. The maximum Gasteiger partial charge on any atom is 0.257 e. The number of rotatable bonds is 7. The summed E-state index contributed by atoms with van der Waals surface area (Å²) in [6, 6.07) is 7.52. The summed E-state index contributed by atoms with van der Waals surface area (Å²) >= 11 is 0. The molecule has 1 N–H and O–H groups in total. The van der Waals surface area contributed by atoms with E-state index < -0.39 is 5.97 Å². The third-order valence-electron chi connectivity index (χ3n) is 2.55. The average molecular weight is 264 g/mol. The summed E-state index contributed by atoms with van der Waals surface area (Å²) in [5.74, 6) is -0.559. The maximum atomic E-state index is 11.4. The van der Waals surface area contributed by atoms with Gasteiger partial charge >= 0.3 is 0 Å². The Morgan fingerprint density at radius 2 is 2.00 bits per heavy atom. The molecule has 5 nitrogen and oxygen atoms in total. The molecule has 0 bridgehead atoms. The molecule has 0 saturated heterocycles. The van der Waals surface area contributed by atoms with Crippen LogP contribution in [-0.4, -0.2) is 25.0 Å². The molecule has 5 heteroatoms. The van der Waals surface area contributed by atoms with Crippen LogP contribution in [0.5, 0.6) is 5.75 Å². The van der Waals surface area contributed by atoms with Crippen LogP contribution in [0.15, 0.2) is 24.3 Å². The second-order valence-electron chi connectivity index (χ2n) is 4.45. The van der Waals surface area contributed by atoms with Gasteiger partial charge in [-0.3, -0.25) is 4.79 Å². The first-order valence-electron chi connectivity index (χ1n) is 6.19. The van der Waals surface area contributed by atoms with Crippen molar-refractivity contribution >= 4 is 11.9 Å². The molecule has 0 aliphatic heterocycles. The summed E-state index contributed by atoms with van der Waals surface area (Å²) in [6.45, 7) is 4.01. The highest BCUT2D eigenvalue weighted by molar-refractivity contribution is 5.78. The number of para-hydroxylation sites is 1. The summed E-state index contributed by atoms with van der Waals surface area (Å²) in [5.41, 5.74) is 1.03. The fraction of sp³-hybridized carbons (Fsp3) is 0.429. The van der Waals surface area contributed by atoms with Gasteiger partial charge in [0.25, 0.3) is 5.91 Å². The molecule has 0 fully saturated rings. The number of hydrogen-bond acceptors (Lipinski definition) is 4. The lowest BCUT2D eigenvalue weighted by molar-refractivity contribution is -0.305. The fourth-order valence-corrected chi connectivity index (χ4v) is 1.59. The van der Waals surface area contributed by atoms with E-state index in [1.165, 1.54) is 0 Å². The van der Waals surface area contributed by atoms with Crippen molar-refractivity contribution in [2.45, 2.75) is 26.2 Å². The van der Waals surface area contributed by atoms with Crippen molar-refractivity contribution in [2.24, 2.45) is 0 Å². The highest BCUT2D eigenvalue weighted by Crippen LogP contribution is 2.25. The number of carboxylic acid groups (broad SMARTS) is 1. The lowest BCUT2D eigenvalue weighted by Crippen LogP contribution is -2.33. The van der Waals surface area contributed by atoms with Crippen LogP contribution in [0.3, 0.4) is 0 Å². The number of ether oxygens (including phenoxy) is 1. The second-order valence-corrected chi connectivity index (χ2v) is 4.45. The standard InChI is InChI=1S/C14H19NO4/c1-10(2)11-5-3-4-6-12(11)19-9-13(16)15-8-7-14(17)18/h3-6,10H,7-9H2,1-2H3,(H,15,16)(H,17,18)/p-1. The van der Waals surface area contributed by atoms with Crippen LogP contribution in [0, 0.1) is 0 Å². The minimum Gasteiger partial charge on any atom is -0.550 e. The number of nitrogens with one attached hydrogen (secondary N) is 1. The van der Waals surface area contributed by atoms with Crippen molar-refractivity contribution in [3.8, 4) is 5.75 Å². The van der Waals surface area contributed by atoms with Gasteiger partial charge < -0.3 is 20.0 Å². The van der Waals surface area contributed by atoms with Gasteiger partial charge in [0.05, 0.1) is 0 Å². The zero-order valence-corrected chi connectivity index (χ0v) is 11.1. The molecule has 104 valence electrons. The van der Waals surface area contributed by atoms with Crippen LogP contribution in [0.4, 0.5) is 0 Å². The first-order chi connectivity index (χ1) is 9.00. The van der Waals surface area contributed by atoms with E-state index >= 15 is 0 Å². The van der Waals surface area contributed by atoms with Gasteiger partial charge in [0.2, 0.25) is 0 Å². The Morgan fingerprint density at radius 1 is 1.32 bits per heavy atom. The molecule has 0 spiro atoms. The van der Waals surface area contributed by atoms with E-state index in [0.29, 0.717) is 11.7 Å². The number of carbonyl (C=O) groups excluding carboxylic acids is 2. The third kappa shape index (κ3) is 5.42. The number of amides is 1. The molecule has 0 unspecified atom stereocenters. The molecule has 0 saturated carbocycles. The van der Waals surface area contributed by atoms with Gasteiger partial charge in [0.1, 0.15) is 5.75 Å². The van der Waals surface area contributed by atoms with Gasteiger partial charge in [0.15, 0.2) is 6.61 Å². The molecule has 1 aromatic carbocycles. The molecule has 1 rings (SSSR count). The third-order valence-corrected chi connectivity index (χ3v) is 2.55. The maximum absolute atomic E-state index is 11.4. The summed E-state index contributed by atoms with van der Waals surface area (Å²) in [5, 5.41) is 12.6. The van der Waals surface area contributed by atoms with Gasteiger partial charge in [-0.25, -0.2) is 0 Å². The number of benzene rings is 1. The number of aliphatic carboxylic acids is 1. The highest BCUT2D eigenvalue weighted by atomic mass is 16.5. The van der Waals surface area contributed by atoms with Gasteiger partial charge in [-0.15, -0.1) is 0 Å². The van der Waals surface area contributed by atoms with Crippen LogP contribution < -0.4 is 15.2 Å². The van der Waals surface area contributed by atoms with Crippen molar-refractivity contribution in [3.05, 3.63) is 29.8 Å². The SMILES string of the molecule is CC(C)c1ccccc1OCC(=O)NCCC(=O)[O-]. The van der Waals surface area contributed by atoms with Crippen LogP contribution in [0.2, 0.25) is 0 Å². The van der Waals surface area contributed by atoms with Crippen LogP contribution in [0.1, 0.15) is 31.7 Å². The largest absolute Gasteiger partial charge is 0.550 e. The normalized spacial score (nSPS) is 10.3. The molecule has 0 aromatic heterocycles. The molecule has 0 aliphatic rings. The Morgan fingerprint density at radius 3 is 2.63 bits per heavy atom.